The van der Waals surface area contributed by atoms with Gasteiger partial charge in [-0.2, -0.15) is 0 Å². The van der Waals surface area contributed by atoms with Crippen LogP contribution >= 0.6 is 0 Å². The fraction of sp³-hybridized carbons (Fsp3) is 0.438. The lowest BCUT2D eigenvalue weighted by Crippen LogP contribution is -2.08. The molecule has 120 valence electrons. The van der Waals surface area contributed by atoms with E-state index < -0.39 is 17.9 Å². The summed E-state index contributed by atoms with van der Waals surface area (Å²) in [5.74, 6) is -1.00. The summed E-state index contributed by atoms with van der Waals surface area (Å²) in [5, 5.41) is 19.2. The third-order valence-electron chi connectivity index (χ3n) is 3.91. The topological polar surface area (TPSA) is 71.7 Å². The molecular weight excluding hydrogens is 289 g/mol. The van der Waals surface area contributed by atoms with Crippen molar-refractivity contribution in [3.63, 3.8) is 0 Å². The van der Waals surface area contributed by atoms with Gasteiger partial charge in [-0.15, -0.1) is 0 Å². The number of rotatable bonds is 5. The highest BCUT2D eigenvalue weighted by molar-refractivity contribution is 5.90. The SMILES string of the molecule is COC(=O)Cc1c(C)n(CCO)c2ccc(C(C)O)c(F)c12. The molecule has 0 amide bonds. The average Bonchev–Trinajstić information content (AvgIpc) is 2.73. The first-order valence-electron chi connectivity index (χ1n) is 7.08. The van der Waals surface area contributed by atoms with Crippen molar-refractivity contribution in [1.29, 1.82) is 0 Å². The number of aliphatic hydroxyl groups is 2. The first kappa shape index (κ1) is 16.5. The van der Waals surface area contributed by atoms with Gasteiger partial charge in [-0.05, 0) is 25.5 Å². The van der Waals surface area contributed by atoms with Crippen LogP contribution in [-0.4, -0.2) is 34.5 Å². The first-order chi connectivity index (χ1) is 10.4. The minimum absolute atomic E-state index is 0.0581. The monoisotopic (exact) mass is 309 g/mol. The summed E-state index contributed by atoms with van der Waals surface area (Å²) >= 11 is 0. The van der Waals surface area contributed by atoms with Crippen molar-refractivity contribution >= 4 is 16.9 Å². The Kier molecular flexibility index (Phi) is 4.83. The van der Waals surface area contributed by atoms with Crippen molar-refractivity contribution in [3.8, 4) is 0 Å². The zero-order valence-corrected chi connectivity index (χ0v) is 12.9. The van der Waals surface area contributed by atoms with Crippen LogP contribution in [0.25, 0.3) is 10.9 Å². The van der Waals surface area contributed by atoms with E-state index in [4.69, 9.17) is 0 Å². The fourth-order valence-corrected chi connectivity index (χ4v) is 2.76. The van der Waals surface area contributed by atoms with E-state index in [-0.39, 0.29) is 18.6 Å². The molecule has 0 fully saturated rings. The van der Waals surface area contributed by atoms with Crippen molar-refractivity contribution in [2.45, 2.75) is 32.9 Å². The van der Waals surface area contributed by atoms with E-state index in [1.54, 1.807) is 17.6 Å². The van der Waals surface area contributed by atoms with Crippen LogP contribution < -0.4 is 0 Å². The van der Waals surface area contributed by atoms with E-state index in [0.29, 0.717) is 28.7 Å². The minimum Gasteiger partial charge on any atom is -0.469 e. The van der Waals surface area contributed by atoms with Gasteiger partial charge in [-0.25, -0.2) is 4.39 Å². The predicted molar refractivity (Wildman–Crippen MR) is 80.1 cm³/mol. The van der Waals surface area contributed by atoms with Crippen LogP contribution in [-0.2, 0) is 22.5 Å². The summed E-state index contributed by atoms with van der Waals surface area (Å²) < 4.78 is 21.2. The number of benzene rings is 1. The fourth-order valence-electron chi connectivity index (χ4n) is 2.76. The molecule has 2 rings (SSSR count). The second kappa shape index (κ2) is 6.46. The maximum Gasteiger partial charge on any atom is 0.310 e. The van der Waals surface area contributed by atoms with Gasteiger partial charge < -0.3 is 19.5 Å². The van der Waals surface area contributed by atoms with Crippen LogP contribution in [0.3, 0.4) is 0 Å². The molecule has 0 spiro atoms. The Bertz CT molecular complexity index is 706. The second-order valence-corrected chi connectivity index (χ2v) is 5.23. The summed E-state index contributed by atoms with van der Waals surface area (Å²) in [6.07, 6.45) is -1.01. The molecule has 1 heterocycles. The van der Waals surface area contributed by atoms with E-state index >= 15 is 0 Å². The van der Waals surface area contributed by atoms with Crippen LogP contribution in [0.2, 0.25) is 0 Å². The summed E-state index contributed by atoms with van der Waals surface area (Å²) in [6, 6.07) is 3.22. The highest BCUT2D eigenvalue weighted by Gasteiger charge is 2.22. The van der Waals surface area contributed by atoms with Crippen LogP contribution in [0.4, 0.5) is 4.39 Å². The van der Waals surface area contributed by atoms with E-state index in [0.717, 1.165) is 0 Å². The summed E-state index contributed by atoms with van der Waals surface area (Å²) in [4.78, 5) is 11.6. The molecule has 0 aliphatic heterocycles. The van der Waals surface area contributed by atoms with Crippen molar-refractivity contribution < 1.29 is 24.1 Å². The van der Waals surface area contributed by atoms with Crippen LogP contribution in [0.15, 0.2) is 12.1 Å². The Balaban J connectivity index is 2.76. The van der Waals surface area contributed by atoms with Crippen molar-refractivity contribution in [2.24, 2.45) is 0 Å². The average molecular weight is 309 g/mol. The highest BCUT2D eigenvalue weighted by Crippen LogP contribution is 2.32. The number of hydrogen-bond acceptors (Lipinski definition) is 4. The van der Waals surface area contributed by atoms with E-state index in [1.807, 2.05) is 0 Å². The number of carbonyl (C=O) groups is 1. The van der Waals surface area contributed by atoms with Crippen LogP contribution in [0.1, 0.15) is 29.8 Å². The van der Waals surface area contributed by atoms with Gasteiger partial charge in [-0.3, -0.25) is 4.79 Å². The number of nitrogens with zero attached hydrogens (tertiary/aromatic N) is 1. The molecule has 2 aromatic rings. The Morgan fingerprint density at radius 3 is 2.68 bits per heavy atom. The largest absolute Gasteiger partial charge is 0.469 e. The van der Waals surface area contributed by atoms with E-state index in [1.165, 1.54) is 20.1 Å². The molecule has 1 atom stereocenters. The maximum atomic E-state index is 14.8. The van der Waals surface area contributed by atoms with Gasteiger partial charge in [0, 0.05) is 23.2 Å². The van der Waals surface area contributed by atoms with Gasteiger partial charge in [-0.1, -0.05) is 6.07 Å². The molecule has 0 saturated carbocycles. The first-order valence-corrected chi connectivity index (χ1v) is 7.08. The maximum absolute atomic E-state index is 14.8. The summed E-state index contributed by atoms with van der Waals surface area (Å²) in [5.41, 5.74) is 2.00. The Morgan fingerprint density at radius 2 is 2.14 bits per heavy atom. The van der Waals surface area contributed by atoms with Gasteiger partial charge in [0.2, 0.25) is 0 Å². The molecule has 22 heavy (non-hydrogen) atoms. The Hall–Kier alpha value is -1.92. The number of aliphatic hydroxyl groups excluding tert-OH is 2. The molecule has 0 aliphatic rings. The highest BCUT2D eigenvalue weighted by atomic mass is 19.1. The molecule has 0 saturated heterocycles. The van der Waals surface area contributed by atoms with Gasteiger partial charge in [0.1, 0.15) is 5.82 Å². The van der Waals surface area contributed by atoms with Gasteiger partial charge in [0.25, 0.3) is 0 Å². The lowest BCUT2D eigenvalue weighted by Gasteiger charge is -2.09. The summed E-state index contributed by atoms with van der Waals surface area (Å²) in [7, 11) is 1.28. The number of fused-ring (bicyclic) bond motifs is 1. The number of carbonyl (C=O) groups excluding carboxylic acids is 1. The molecule has 1 unspecified atom stereocenters. The smallest absolute Gasteiger partial charge is 0.310 e. The van der Waals surface area contributed by atoms with Crippen LogP contribution in [0.5, 0.6) is 0 Å². The second-order valence-electron chi connectivity index (χ2n) is 5.23. The number of aromatic nitrogens is 1. The minimum atomic E-state index is -0.947. The number of ether oxygens (including phenoxy) is 1. The van der Waals surface area contributed by atoms with Crippen molar-refractivity contribution in [3.05, 3.63) is 34.8 Å². The molecule has 0 radical (unpaired) electrons. The standard InChI is InChI=1S/C16H20FNO4/c1-9-12(8-14(21)22-3)15-13(18(9)6-7-19)5-4-11(10(2)20)16(15)17/h4-5,10,19-20H,6-8H2,1-3H3. The third kappa shape index (κ3) is 2.71. The zero-order chi connectivity index (χ0) is 16.4. The molecule has 1 aromatic carbocycles. The number of methoxy groups -OCH3 is 1. The molecule has 6 heteroatoms. The van der Waals surface area contributed by atoms with Gasteiger partial charge in [0.15, 0.2) is 0 Å². The normalized spacial score (nSPS) is 12.6. The number of hydrogen-bond donors (Lipinski definition) is 2. The lowest BCUT2D eigenvalue weighted by molar-refractivity contribution is -0.139. The van der Waals surface area contributed by atoms with E-state index in [2.05, 4.69) is 4.74 Å². The molecular formula is C16H20FNO4. The molecule has 0 aliphatic carbocycles. The van der Waals surface area contributed by atoms with Gasteiger partial charge >= 0.3 is 5.97 Å². The number of esters is 1. The Morgan fingerprint density at radius 1 is 1.45 bits per heavy atom. The molecule has 2 N–H and O–H groups in total. The van der Waals surface area contributed by atoms with Gasteiger partial charge in [0.05, 0.1) is 31.8 Å². The number of halogens is 1. The summed E-state index contributed by atoms with van der Waals surface area (Å²) in [6.45, 7) is 3.47. The zero-order valence-electron chi connectivity index (χ0n) is 12.9. The molecule has 5 nitrogen and oxygen atoms in total. The van der Waals surface area contributed by atoms with Crippen LogP contribution in [0, 0.1) is 12.7 Å². The quantitative estimate of drug-likeness (QED) is 0.827. The Labute approximate surface area is 127 Å². The van der Waals surface area contributed by atoms with Crippen molar-refractivity contribution in [2.75, 3.05) is 13.7 Å². The van der Waals surface area contributed by atoms with Crippen molar-refractivity contribution in [1.82, 2.24) is 4.57 Å². The predicted octanol–water partition coefficient (Wildman–Crippen LogP) is 1.85. The van der Waals surface area contributed by atoms with E-state index in [9.17, 15) is 19.4 Å². The molecule has 0 bridgehead atoms. The lowest BCUT2D eigenvalue weighted by atomic mass is 10.0. The molecule has 1 aromatic heterocycles. The third-order valence-corrected chi connectivity index (χ3v) is 3.91.